The molecule has 0 radical (unpaired) electrons. The molecule has 80 valence electrons. The minimum Gasteiger partial charge on any atom is -0.192 e. The standard InChI is InChI=1S/C12H18F2/c1-11(2,3)10-6-4-5-8-12(13,14)9-7-10/h10H,4,6-7,9H2,1-3H3. The summed E-state index contributed by atoms with van der Waals surface area (Å²) in [6.45, 7) is 6.35. The maximum absolute atomic E-state index is 13.0. The molecule has 0 saturated heterocycles. The third-order valence-electron chi connectivity index (χ3n) is 2.92. The van der Waals surface area contributed by atoms with Crippen LogP contribution in [0.5, 0.6) is 0 Å². The summed E-state index contributed by atoms with van der Waals surface area (Å²) in [5.41, 5.74) is 0.120. The molecule has 1 aliphatic carbocycles. The van der Waals surface area contributed by atoms with Crippen LogP contribution in [0, 0.1) is 23.2 Å². The molecule has 0 saturated carbocycles. The Morgan fingerprint density at radius 2 is 1.86 bits per heavy atom. The lowest BCUT2D eigenvalue weighted by Gasteiger charge is -2.31. The van der Waals surface area contributed by atoms with Gasteiger partial charge in [-0.15, -0.1) is 0 Å². The van der Waals surface area contributed by atoms with E-state index in [9.17, 15) is 8.78 Å². The fourth-order valence-corrected chi connectivity index (χ4v) is 1.87. The van der Waals surface area contributed by atoms with Crippen molar-refractivity contribution in [2.24, 2.45) is 11.3 Å². The summed E-state index contributed by atoms with van der Waals surface area (Å²) in [6.07, 6.45) is 2.07. The smallest absolute Gasteiger partial charge is 0.192 e. The van der Waals surface area contributed by atoms with Gasteiger partial charge in [0, 0.05) is 12.8 Å². The molecule has 0 heterocycles. The van der Waals surface area contributed by atoms with Gasteiger partial charge in [0.05, 0.1) is 0 Å². The minimum absolute atomic E-state index is 0.0814. The van der Waals surface area contributed by atoms with Crippen molar-refractivity contribution in [3.8, 4) is 11.8 Å². The van der Waals surface area contributed by atoms with E-state index in [0.717, 1.165) is 6.42 Å². The van der Waals surface area contributed by atoms with Gasteiger partial charge in [0.25, 0.3) is 0 Å². The molecule has 1 unspecified atom stereocenters. The normalized spacial score (nSPS) is 27.1. The van der Waals surface area contributed by atoms with Crippen molar-refractivity contribution in [2.75, 3.05) is 0 Å². The molecule has 0 nitrogen and oxygen atoms in total. The molecule has 0 fully saturated rings. The first-order chi connectivity index (χ1) is 6.31. The van der Waals surface area contributed by atoms with Gasteiger partial charge in [-0.1, -0.05) is 26.7 Å². The van der Waals surface area contributed by atoms with Crippen LogP contribution in [0.4, 0.5) is 8.78 Å². The van der Waals surface area contributed by atoms with E-state index in [4.69, 9.17) is 0 Å². The van der Waals surface area contributed by atoms with Gasteiger partial charge in [-0.05, 0) is 30.1 Å². The van der Waals surface area contributed by atoms with Crippen LogP contribution in [-0.2, 0) is 0 Å². The second-order valence-electron chi connectivity index (χ2n) is 5.15. The lowest BCUT2D eigenvalue weighted by atomic mass is 9.74. The van der Waals surface area contributed by atoms with Crippen LogP contribution in [0.3, 0.4) is 0 Å². The van der Waals surface area contributed by atoms with Crippen LogP contribution in [-0.4, -0.2) is 5.92 Å². The van der Waals surface area contributed by atoms with Crippen molar-refractivity contribution >= 4 is 0 Å². The summed E-state index contributed by atoms with van der Waals surface area (Å²) in [7, 11) is 0. The van der Waals surface area contributed by atoms with E-state index in [1.807, 2.05) is 5.92 Å². The Balaban J connectivity index is 2.69. The molecular formula is C12H18F2. The van der Waals surface area contributed by atoms with Gasteiger partial charge in [-0.25, -0.2) is 0 Å². The Morgan fingerprint density at radius 1 is 1.21 bits per heavy atom. The van der Waals surface area contributed by atoms with Crippen LogP contribution in [0.1, 0.15) is 46.5 Å². The van der Waals surface area contributed by atoms with E-state index in [0.29, 0.717) is 18.8 Å². The highest BCUT2D eigenvalue weighted by molar-refractivity contribution is 5.10. The molecule has 1 aliphatic rings. The Bertz CT molecular complexity index is 250. The number of halogens is 2. The highest BCUT2D eigenvalue weighted by Crippen LogP contribution is 2.36. The lowest BCUT2D eigenvalue weighted by Crippen LogP contribution is -2.25. The van der Waals surface area contributed by atoms with E-state index in [-0.39, 0.29) is 11.8 Å². The minimum atomic E-state index is -2.76. The van der Waals surface area contributed by atoms with Gasteiger partial charge >= 0.3 is 5.92 Å². The van der Waals surface area contributed by atoms with Crippen LogP contribution in [0.15, 0.2) is 0 Å². The molecule has 0 amide bonds. The highest BCUT2D eigenvalue weighted by Gasteiger charge is 2.32. The first-order valence-electron chi connectivity index (χ1n) is 5.19. The predicted molar refractivity (Wildman–Crippen MR) is 54.1 cm³/mol. The first-order valence-corrected chi connectivity index (χ1v) is 5.19. The zero-order valence-corrected chi connectivity index (χ0v) is 9.16. The molecule has 0 aromatic heterocycles. The molecule has 1 atom stereocenters. The summed E-state index contributed by atoms with van der Waals surface area (Å²) in [4.78, 5) is 0. The van der Waals surface area contributed by atoms with Gasteiger partial charge in [0.2, 0.25) is 0 Å². The number of hydrogen-bond donors (Lipinski definition) is 0. The molecule has 0 aromatic carbocycles. The molecule has 14 heavy (non-hydrogen) atoms. The van der Waals surface area contributed by atoms with Crippen molar-refractivity contribution in [3.05, 3.63) is 0 Å². The lowest BCUT2D eigenvalue weighted by molar-refractivity contribution is 0.0386. The largest absolute Gasteiger partial charge is 0.308 e. The van der Waals surface area contributed by atoms with Crippen molar-refractivity contribution < 1.29 is 8.78 Å². The third-order valence-corrected chi connectivity index (χ3v) is 2.92. The summed E-state index contributed by atoms with van der Waals surface area (Å²) < 4.78 is 26.1. The molecule has 0 N–H and O–H groups in total. The van der Waals surface area contributed by atoms with Crippen molar-refractivity contribution in [1.29, 1.82) is 0 Å². The molecule has 1 rings (SSSR count). The zero-order chi connectivity index (χ0) is 10.8. The fraction of sp³-hybridized carbons (Fsp3) is 0.833. The van der Waals surface area contributed by atoms with Gasteiger partial charge in [-0.3, -0.25) is 0 Å². The Hall–Kier alpha value is -0.580. The Kier molecular flexibility index (Phi) is 3.19. The maximum Gasteiger partial charge on any atom is 0.308 e. The third kappa shape index (κ3) is 3.29. The molecule has 0 aliphatic heterocycles. The Labute approximate surface area is 85.1 Å². The molecular weight excluding hydrogens is 182 g/mol. The monoisotopic (exact) mass is 200 g/mol. The SMILES string of the molecule is CC(C)(C)C1CCC#CC(F)(F)CC1. The quantitative estimate of drug-likeness (QED) is 0.521. The fourth-order valence-electron chi connectivity index (χ4n) is 1.87. The summed E-state index contributed by atoms with van der Waals surface area (Å²) in [6, 6.07) is 0. The zero-order valence-electron chi connectivity index (χ0n) is 9.16. The average molecular weight is 200 g/mol. The Morgan fingerprint density at radius 3 is 2.43 bits per heavy atom. The van der Waals surface area contributed by atoms with Gasteiger partial charge < -0.3 is 0 Å². The number of hydrogen-bond acceptors (Lipinski definition) is 0. The van der Waals surface area contributed by atoms with Gasteiger partial charge in [0.15, 0.2) is 0 Å². The van der Waals surface area contributed by atoms with Gasteiger partial charge in [-0.2, -0.15) is 8.78 Å². The second kappa shape index (κ2) is 3.88. The highest BCUT2D eigenvalue weighted by atomic mass is 19.3. The first kappa shape index (κ1) is 11.5. The van der Waals surface area contributed by atoms with E-state index in [1.54, 1.807) is 0 Å². The summed E-state index contributed by atoms with van der Waals surface area (Å²) in [5, 5.41) is 0. The van der Waals surface area contributed by atoms with E-state index in [1.165, 1.54) is 0 Å². The molecule has 2 heteroatoms. The summed E-state index contributed by atoms with van der Waals surface area (Å²) in [5.74, 6) is 2.23. The number of rotatable bonds is 0. The maximum atomic E-state index is 13.0. The molecule has 0 aromatic rings. The number of alkyl halides is 2. The summed E-state index contributed by atoms with van der Waals surface area (Å²) >= 11 is 0. The van der Waals surface area contributed by atoms with Crippen molar-refractivity contribution in [1.82, 2.24) is 0 Å². The molecule has 0 bridgehead atoms. The van der Waals surface area contributed by atoms with E-state index >= 15 is 0 Å². The van der Waals surface area contributed by atoms with Crippen molar-refractivity contribution in [2.45, 2.75) is 52.4 Å². The van der Waals surface area contributed by atoms with Crippen molar-refractivity contribution in [3.63, 3.8) is 0 Å². The topological polar surface area (TPSA) is 0 Å². The predicted octanol–water partition coefficient (Wildman–Crippen LogP) is 3.86. The van der Waals surface area contributed by atoms with E-state index in [2.05, 4.69) is 26.7 Å². The van der Waals surface area contributed by atoms with Crippen LogP contribution in [0.2, 0.25) is 0 Å². The second-order valence-corrected chi connectivity index (χ2v) is 5.15. The van der Waals surface area contributed by atoms with Gasteiger partial charge in [0.1, 0.15) is 0 Å². The van der Waals surface area contributed by atoms with Crippen LogP contribution >= 0.6 is 0 Å². The molecule has 0 spiro atoms. The van der Waals surface area contributed by atoms with Crippen LogP contribution < -0.4 is 0 Å². The van der Waals surface area contributed by atoms with E-state index < -0.39 is 5.92 Å². The van der Waals surface area contributed by atoms with Crippen LogP contribution in [0.25, 0.3) is 0 Å². The average Bonchev–Trinajstić information content (AvgIpc) is 1.96.